The van der Waals surface area contributed by atoms with E-state index in [1.165, 1.54) is 0 Å². The molecule has 0 aliphatic carbocycles. The molecule has 0 saturated heterocycles. The van der Waals surface area contributed by atoms with Gasteiger partial charge in [0.2, 0.25) is 0 Å². The van der Waals surface area contributed by atoms with Crippen molar-refractivity contribution in [1.82, 2.24) is 4.98 Å². The molecule has 5 heteroatoms. The maximum Gasteiger partial charge on any atom is 0.136 e. The first-order valence-electron chi connectivity index (χ1n) is 5.43. The lowest BCUT2D eigenvalue weighted by molar-refractivity contribution is 0.239. The average molecular weight is 253 g/mol. The molecule has 18 heavy (non-hydrogen) atoms. The van der Waals surface area contributed by atoms with Gasteiger partial charge in [0, 0.05) is 6.20 Å². The van der Waals surface area contributed by atoms with Crippen LogP contribution in [0.1, 0.15) is 11.3 Å². The zero-order valence-corrected chi connectivity index (χ0v) is 10.7. The van der Waals surface area contributed by atoms with Crippen molar-refractivity contribution in [2.75, 3.05) is 0 Å². The number of ether oxygens (including phenoxy) is 1. The smallest absolute Gasteiger partial charge is 0.136 e. The first kappa shape index (κ1) is 13.0. The largest absolute Gasteiger partial charge is 0.499 e. The Balaban J connectivity index is 2.28. The standard InChI is InChI=1S/C13H10B2ClNO/c1-9-5-6-11(10(16)8-9)18-13(14,15)12-4-2-3-7-17-12/h2-8H,1H3. The summed E-state index contributed by atoms with van der Waals surface area (Å²) in [5, 5.41) is -1.05. The van der Waals surface area contributed by atoms with E-state index in [1.54, 1.807) is 36.5 Å². The minimum Gasteiger partial charge on any atom is -0.499 e. The molecule has 0 aliphatic rings. The van der Waals surface area contributed by atoms with Crippen LogP contribution in [0.2, 0.25) is 5.02 Å². The Morgan fingerprint density at radius 2 is 2.00 bits per heavy atom. The maximum atomic E-state index is 6.07. The zero-order chi connectivity index (χ0) is 13.2. The molecule has 4 radical (unpaired) electrons. The summed E-state index contributed by atoms with van der Waals surface area (Å²) >= 11 is 6.07. The Morgan fingerprint density at radius 1 is 1.22 bits per heavy atom. The number of halogens is 1. The molecule has 2 aromatic rings. The van der Waals surface area contributed by atoms with Crippen LogP contribution in [-0.4, -0.2) is 20.7 Å². The van der Waals surface area contributed by atoms with Crippen molar-refractivity contribution in [3.63, 3.8) is 0 Å². The highest BCUT2D eigenvalue weighted by atomic mass is 35.5. The van der Waals surface area contributed by atoms with Gasteiger partial charge in [-0.1, -0.05) is 23.7 Å². The van der Waals surface area contributed by atoms with Gasteiger partial charge in [0.1, 0.15) is 21.4 Å². The fourth-order valence-corrected chi connectivity index (χ4v) is 1.79. The van der Waals surface area contributed by atoms with Gasteiger partial charge in [-0.25, -0.2) is 0 Å². The number of rotatable bonds is 3. The Morgan fingerprint density at radius 3 is 2.61 bits per heavy atom. The van der Waals surface area contributed by atoms with Crippen LogP contribution in [0.5, 0.6) is 5.75 Å². The second-order valence-electron chi connectivity index (χ2n) is 4.04. The lowest BCUT2D eigenvalue weighted by Crippen LogP contribution is -2.35. The van der Waals surface area contributed by atoms with Crippen molar-refractivity contribution in [1.29, 1.82) is 0 Å². The highest BCUT2D eigenvalue weighted by molar-refractivity contribution is 6.39. The Kier molecular flexibility index (Phi) is 3.67. The molecule has 1 aromatic carbocycles. The summed E-state index contributed by atoms with van der Waals surface area (Å²) < 4.78 is 5.53. The summed E-state index contributed by atoms with van der Waals surface area (Å²) in [5.74, 6) is 0.429. The zero-order valence-electron chi connectivity index (χ0n) is 9.93. The summed E-state index contributed by atoms with van der Waals surface area (Å²) in [4.78, 5) is 4.08. The molecule has 1 aromatic heterocycles. The molecule has 2 nitrogen and oxygen atoms in total. The van der Waals surface area contributed by atoms with Crippen molar-refractivity contribution >= 4 is 27.3 Å². The van der Waals surface area contributed by atoms with Crippen LogP contribution in [0.25, 0.3) is 0 Å². The predicted octanol–water partition coefficient (Wildman–Crippen LogP) is 2.57. The first-order valence-corrected chi connectivity index (χ1v) is 5.81. The highest BCUT2D eigenvalue weighted by Crippen LogP contribution is 2.29. The average Bonchev–Trinajstić information content (AvgIpc) is 2.34. The molecule has 0 amide bonds. The van der Waals surface area contributed by atoms with Crippen molar-refractivity contribution in [2.24, 2.45) is 0 Å². The molecular weight excluding hydrogens is 243 g/mol. The lowest BCUT2D eigenvalue weighted by Gasteiger charge is -2.28. The summed E-state index contributed by atoms with van der Waals surface area (Å²) in [6.07, 6.45) is 1.60. The molecule has 2 rings (SSSR count). The number of nitrogens with zero attached hydrogens (tertiary/aromatic N) is 1. The lowest BCUT2D eigenvalue weighted by atomic mass is 9.63. The van der Waals surface area contributed by atoms with E-state index in [9.17, 15) is 0 Å². The third-order valence-electron chi connectivity index (χ3n) is 2.43. The Hall–Kier alpha value is -1.41. The number of hydrogen-bond donors (Lipinski definition) is 0. The van der Waals surface area contributed by atoms with Gasteiger partial charge in [0.15, 0.2) is 0 Å². The molecule has 0 fully saturated rings. The van der Waals surface area contributed by atoms with E-state index >= 15 is 0 Å². The van der Waals surface area contributed by atoms with Gasteiger partial charge < -0.3 is 4.74 Å². The quantitative estimate of drug-likeness (QED) is 0.784. The summed E-state index contributed by atoms with van der Waals surface area (Å²) in [6, 6.07) is 10.6. The number of aryl methyl sites for hydroxylation is 1. The molecule has 0 saturated carbocycles. The van der Waals surface area contributed by atoms with E-state index in [1.807, 2.05) is 13.0 Å². The second kappa shape index (κ2) is 5.07. The van der Waals surface area contributed by atoms with Crippen LogP contribution in [0.15, 0.2) is 42.6 Å². The fourth-order valence-electron chi connectivity index (χ4n) is 1.52. The fraction of sp³-hybridized carbons (Fsp3) is 0.154. The van der Waals surface area contributed by atoms with Gasteiger partial charge in [0.05, 0.1) is 16.1 Å². The minimum atomic E-state index is -1.51. The van der Waals surface area contributed by atoms with Crippen molar-refractivity contribution in [3.8, 4) is 5.75 Å². The molecule has 0 atom stereocenters. The van der Waals surface area contributed by atoms with Gasteiger partial charge in [-0.3, -0.25) is 4.98 Å². The van der Waals surface area contributed by atoms with Crippen molar-refractivity contribution in [3.05, 3.63) is 58.9 Å². The number of aromatic nitrogens is 1. The molecule has 1 heterocycles. The molecular formula is C13H10B2ClNO. The molecule has 0 aliphatic heterocycles. The van der Waals surface area contributed by atoms with Gasteiger partial charge in [-0.05, 0) is 36.8 Å². The minimum absolute atomic E-state index is 0.429. The van der Waals surface area contributed by atoms with Crippen LogP contribution in [0, 0.1) is 6.92 Å². The van der Waals surface area contributed by atoms with Gasteiger partial charge in [-0.2, -0.15) is 0 Å². The van der Waals surface area contributed by atoms with Crippen LogP contribution in [-0.2, 0) is 5.40 Å². The predicted molar refractivity (Wildman–Crippen MR) is 74.2 cm³/mol. The Labute approximate surface area is 114 Å². The normalized spacial score (nSPS) is 11.2. The van der Waals surface area contributed by atoms with Crippen LogP contribution >= 0.6 is 11.6 Å². The van der Waals surface area contributed by atoms with E-state index in [0.717, 1.165) is 5.56 Å². The third-order valence-corrected chi connectivity index (χ3v) is 2.73. The molecule has 0 spiro atoms. The highest BCUT2D eigenvalue weighted by Gasteiger charge is 2.23. The Bertz CT molecular complexity index is 546. The van der Waals surface area contributed by atoms with Crippen LogP contribution < -0.4 is 4.74 Å². The number of benzene rings is 1. The van der Waals surface area contributed by atoms with E-state index in [-0.39, 0.29) is 0 Å². The van der Waals surface area contributed by atoms with Crippen molar-refractivity contribution in [2.45, 2.75) is 12.3 Å². The monoisotopic (exact) mass is 253 g/mol. The van der Waals surface area contributed by atoms with E-state index in [0.29, 0.717) is 16.5 Å². The van der Waals surface area contributed by atoms with Gasteiger partial charge in [0.25, 0.3) is 0 Å². The van der Waals surface area contributed by atoms with Crippen LogP contribution in [0.4, 0.5) is 0 Å². The molecule has 0 bridgehead atoms. The van der Waals surface area contributed by atoms with Gasteiger partial charge in [-0.15, -0.1) is 0 Å². The number of pyridine rings is 1. The first-order chi connectivity index (χ1) is 8.49. The summed E-state index contributed by atoms with van der Waals surface area (Å²) in [6.45, 7) is 1.94. The van der Waals surface area contributed by atoms with Crippen molar-refractivity contribution < 1.29 is 4.74 Å². The maximum absolute atomic E-state index is 6.07. The van der Waals surface area contributed by atoms with E-state index in [4.69, 9.17) is 32.0 Å². The second-order valence-corrected chi connectivity index (χ2v) is 4.45. The summed E-state index contributed by atoms with van der Waals surface area (Å²) in [7, 11) is 11.8. The van der Waals surface area contributed by atoms with Gasteiger partial charge >= 0.3 is 0 Å². The van der Waals surface area contributed by atoms with E-state index < -0.39 is 5.40 Å². The SMILES string of the molecule is [B]C([B])(Oc1ccc(C)cc1Cl)c1ccccn1. The third kappa shape index (κ3) is 2.88. The molecule has 0 unspecified atom stereocenters. The number of hydrogen-bond acceptors (Lipinski definition) is 2. The topological polar surface area (TPSA) is 22.1 Å². The summed E-state index contributed by atoms with van der Waals surface area (Å²) in [5.41, 5.74) is 1.46. The van der Waals surface area contributed by atoms with E-state index in [2.05, 4.69) is 4.98 Å². The molecule has 0 N–H and O–H groups in total. The molecule has 86 valence electrons. The van der Waals surface area contributed by atoms with Crippen LogP contribution in [0.3, 0.4) is 0 Å².